The molecule has 0 radical (unpaired) electrons. The number of benzene rings is 1. The summed E-state index contributed by atoms with van der Waals surface area (Å²) in [5.41, 5.74) is 5.01. The smallest absolute Gasteiger partial charge is 0.106 e. The summed E-state index contributed by atoms with van der Waals surface area (Å²) in [5, 5.41) is 13.0. The lowest BCUT2D eigenvalue weighted by atomic mass is 9.75. The maximum Gasteiger partial charge on any atom is 0.106 e. The SMILES string of the molecule is CON=C1CC(C)(C)Cc2nnc(-c3ccc(Br)cc3)cc21. The van der Waals surface area contributed by atoms with Crippen molar-refractivity contribution in [1.29, 1.82) is 0 Å². The molecule has 0 saturated heterocycles. The monoisotopic (exact) mass is 359 g/mol. The third-order valence-electron chi connectivity index (χ3n) is 3.81. The van der Waals surface area contributed by atoms with Crippen LogP contribution in [0.5, 0.6) is 0 Å². The van der Waals surface area contributed by atoms with E-state index in [1.54, 1.807) is 7.11 Å². The van der Waals surface area contributed by atoms with Gasteiger partial charge in [0.2, 0.25) is 0 Å². The van der Waals surface area contributed by atoms with Crippen LogP contribution in [0.3, 0.4) is 0 Å². The first kappa shape index (κ1) is 15.2. The average molecular weight is 360 g/mol. The molecular formula is C17H18BrN3O. The van der Waals surface area contributed by atoms with Gasteiger partial charge in [0.25, 0.3) is 0 Å². The van der Waals surface area contributed by atoms with Gasteiger partial charge in [-0.1, -0.05) is 47.1 Å². The lowest BCUT2D eigenvalue weighted by Gasteiger charge is -2.30. The summed E-state index contributed by atoms with van der Waals surface area (Å²) in [6.07, 6.45) is 1.78. The van der Waals surface area contributed by atoms with Gasteiger partial charge in [0.05, 0.1) is 17.1 Å². The number of hydrogen-bond donors (Lipinski definition) is 0. The maximum absolute atomic E-state index is 5.03. The molecule has 1 aliphatic carbocycles. The van der Waals surface area contributed by atoms with E-state index in [1.807, 2.05) is 24.3 Å². The van der Waals surface area contributed by atoms with Crippen LogP contribution in [0.15, 0.2) is 40.0 Å². The first-order valence-electron chi connectivity index (χ1n) is 7.21. The molecular weight excluding hydrogens is 342 g/mol. The molecule has 1 aromatic carbocycles. The van der Waals surface area contributed by atoms with Gasteiger partial charge in [-0.25, -0.2) is 0 Å². The molecule has 3 rings (SSSR count). The zero-order valence-electron chi connectivity index (χ0n) is 12.9. The van der Waals surface area contributed by atoms with Crippen molar-refractivity contribution in [1.82, 2.24) is 10.2 Å². The van der Waals surface area contributed by atoms with Gasteiger partial charge in [0.1, 0.15) is 7.11 Å². The molecule has 1 aromatic heterocycles. The van der Waals surface area contributed by atoms with Gasteiger partial charge in [-0.3, -0.25) is 0 Å². The Hall–Kier alpha value is -1.75. The summed E-state index contributed by atoms with van der Waals surface area (Å²) < 4.78 is 1.05. The third-order valence-corrected chi connectivity index (χ3v) is 4.34. The first-order valence-corrected chi connectivity index (χ1v) is 8.01. The molecule has 0 spiro atoms. The Morgan fingerprint density at radius 3 is 2.55 bits per heavy atom. The van der Waals surface area contributed by atoms with E-state index >= 15 is 0 Å². The van der Waals surface area contributed by atoms with Crippen LogP contribution in [0.2, 0.25) is 0 Å². The summed E-state index contributed by atoms with van der Waals surface area (Å²) in [4.78, 5) is 5.03. The first-order chi connectivity index (χ1) is 10.5. The van der Waals surface area contributed by atoms with Gasteiger partial charge in [-0.15, -0.1) is 0 Å². The van der Waals surface area contributed by atoms with E-state index < -0.39 is 0 Å². The van der Waals surface area contributed by atoms with E-state index in [0.717, 1.165) is 45.5 Å². The van der Waals surface area contributed by atoms with Crippen LogP contribution in [0.1, 0.15) is 31.5 Å². The summed E-state index contributed by atoms with van der Waals surface area (Å²) in [6, 6.07) is 10.1. The lowest BCUT2D eigenvalue weighted by molar-refractivity contribution is 0.210. The molecule has 5 heteroatoms. The molecule has 0 bridgehead atoms. The Kier molecular flexibility index (Phi) is 4.00. The molecule has 0 unspecified atom stereocenters. The minimum atomic E-state index is 0.123. The number of halogens is 1. The fraction of sp³-hybridized carbons (Fsp3) is 0.353. The van der Waals surface area contributed by atoms with Gasteiger partial charge in [-0.05, 0) is 36.5 Å². The Morgan fingerprint density at radius 1 is 1.14 bits per heavy atom. The number of nitrogens with zero attached hydrogens (tertiary/aromatic N) is 3. The predicted molar refractivity (Wildman–Crippen MR) is 90.8 cm³/mol. The number of oxime groups is 1. The van der Waals surface area contributed by atoms with E-state index in [0.29, 0.717) is 0 Å². The summed E-state index contributed by atoms with van der Waals surface area (Å²) in [6.45, 7) is 4.43. The molecule has 22 heavy (non-hydrogen) atoms. The lowest BCUT2D eigenvalue weighted by Crippen LogP contribution is -2.29. The van der Waals surface area contributed by atoms with Crippen LogP contribution in [0.25, 0.3) is 11.3 Å². The Bertz CT molecular complexity index is 723. The molecule has 0 aliphatic heterocycles. The number of aromatic nitrogens is 2. The van der Waals surface area contributed by atoms with E-state index in [2.05, 4.69) is 51.2 Å². The number of rotatable bonds is 2. The van der Waals surface area contributed by atoms with Gasteiger partial charge >= 0.3 is 0 Å². The predicted octanol–water partition coefficient (Wildman–Crippen LogP) is 4.23. The van der Waals surface area contributed by atoms with Gasteiger partial charge in [0.15, 0.2) is 0 Å². The number of fused-ring (bicyclic) bond motifs is 1. The zero-order valence-corrected chi connectivity index (χ0v) is 14.5. The Labute approximate surface area is 138 Å². The molecule has 2 aromatic rings. The molecule has 0 saturated carbocycles. The van der Waals surface area contributed by atoms with E-state index in [9.17, 15) is 0 Å². The standard InChI is InChI=1S/C17H18BrN3O/c1-17(2)9-15-13(16(10-17)21-22-3)8-14(19-20-15)11-4-6-12(18)7-5-11/h4-8H,9-10H2,1-3H3. The molecule has 0 amide bonds. The maximum atomic E-state index is 5.03. The molecule has 1 heterocycles. The van der Waals surface area contributed by atoms with Crippen molar-refractivity contribution in [3.63, 3.8) is 0 Å². The second-order valence-corrected chi connectivity index (χ2v) is 7.25. The molecule has 4 nitrogen and oxygen atoms in total. The molecule has 0 N–H and O–H groups in total. The van der Waals surface area contributed by atoms with Crippen molar-refractivity contribution >= 4 is 21.6 Å². The Balaban J connectivity index is 2.07. The van der Waals surface area contributed by atoms with Crippen molar-refractivity contribution in [3.8, 4) is 11.3 Å². The van der Waals surface area contributed by atoms with Crippen LogP contribution in [0, 0.1) is 5.41 Å². The Morgan fingerprint density at radius 2 is 1.86 bits per heavy atom. The molecule has 114 valence electrons. The summed E-state index contributed by atoms with van der Waals surface area (Å²) in [5.74, 6) is 0. The summed E-state index contributed by atoms with van der Waals surface area (Å²) in [7, 11) is 1.58. The van der Waals surface area contributed by atoms with Crippen LogP contribution < -0.4 is 0 Å². The molecule has 0 atom stereocenters. The molecule has 0 fully saturated rings. The van der Waals surface area contributed by atoms with Crippen molar-refractivity contribution in [2.24, 2.45) is 10.6 Å². The highest BCUT2D eigenvalue weighted by molar-refractivity contribution is 9.10. The van der Waals surface area contributed by atoms with Gasteiger partial charge in [-0.2, -0.15) is 10.2 Å². The second kappa shape index (κ2) is 5.80. The minimum absolute atomic E-state index is 0.123. The average Bonchev–Trinajstić information content (AvgIpc) is 2.47. The highest BCUT2D eigenvalue weighted by Crippen LogP contribution is 2.35. The van der Waals surface area contributed by atoms with E-state index in [1.165, 1.54) is 0 Å². The third kappa shape index (κ3) is 3.04. The van der Waals surface area contributed by atoms with Crippen molar-refractivity contribution in [2.75, 3.05) is 7.11 Å². The quantitative estimate of drug-likeness (QED) is 0.753. The normalized spacial score (nSPS) is 18.1. The highest BCUT2D eigenvalue weighted by Gasteiger charge is 2.31. The minimum Gasteiger partial charge on any atom is -0.399 e. The highest BCUT2D eigenvalue weighted by atomic mass is 79.9. The fourth-order valence-corrected chi connectivity index (χ4v) is 3.08. The zero-order chi connectivity index (χ0) is 15.7. The van der Waals surface area contributed by atoms with Crippen LogP contribution in [-0.4, -0.2) is 23.0 Å². The largest absolute Gasteiger partial charge is 0.399 e. The molecule has 1 aliphatic rings. The van der Waals surface area contributed by atoms with Gasteiger partial charge in [0, 0.05) is 15.6 Å². The summed E-state index contributed by atoms with van der Waals surface area (Å²) >= 11 is 3.45. The van der Waals surface area contributed by atoms with Crippen LogP contribution >= 0.6 is 15.9 Å². The van der Waals surface area contributed by atoms with Gasteiger partial charge < -0.3 is 4.84 Å². The van der Waals surface area contributed by atoms with E-state index in [4.69, 9.17) is 4.84 Å². The number of hydrogen-bond acceptors (Lipinski definition) is 4. The van der Waals surface area contributed by atoms with Crippen LogP contribution in [-0.2, 0) is 11.3 Å². The van der Waals surface area contributed by atoms with Crippen molar-refractivity contribution in [3.05, 3.63) is 46.1 Å². The topological polar surface area (TPSA) is 47.4 Å². The van der Waals surface area contributed by atoms with E-state index in [-0.39, 0.29) is 5.41 Å². The van der Waals surface area contributed by atoms with Crippen LogP contribution in [0.4, 0.5) is 0 Å². The fourth-order valence-electron chi connectivity index (χ4n) is 2.82. The van der Waals surface area contributed by atoms with Crippen molar-refractivity contribution < 1.29 is 4.84 Å². The van der Waals surface area contributed by atoms with Crippen molar-refractivity contribution in [2.45, 2.75) is 26.7 Å². The second-order valence-electron chi connectivity index (χ2n) is 6.34.